The first-order valence-electron chi connectivity index (χ1n) is 15.9. The summed E-state index contributed by atoms with van der Waals surface area (Å²) in [6.45, 7) is 4.85. The quantitative estimate of drug-likeness (QED) is 0.230. The second-order valence-corrected chi connectivity index (χ2v) is 17.2. The van der Waals surface area contributed by atoms with Gasteiger partial charge in [0.05, 0.1) is 39.8 Å². The summed E-state index contributed by atoms with van der Waals surface area (Å²) < 4.78 is 25.4. The number of thiazole rings is 1. The van der Waals surface area contributed by atoms with Crippen molar-refractivity contribution in [1.29, 1.82) is 0 Å². The normalized spacial score (nSPS) is 19.8. The molecule has 0 spiro atoms. The first-order valence-corrected chi connectivity index (χ1v) is 18.5. The summed E-state index contributed by atoms with van der Waals surface area (Å²) in [4.78, 5) is 32.1. The Morgan fingerprint density at radius 2 is 1.66 bits per heavy atom. The standard InChI is InChI=1S/C33H49N3O6S2/c1-33(2,3)44(41,42)20-25(16-22-10-6-4-7-11-22)31(39)36-28(18-26-19-43-21-34-26)32(40)35-27(17-23-12-8-5-9-13-23)30(38)29(37)24-14-15-24/h4,6-7,10-11,19,21,23-25,27-30,37-38H,5,8-9,12-18,20H2,1-3H3,(H,35,40)(H,36,39)/t25-,27+,28+,29+,30-/m1/s1. The van der Waals surface area contributed by atoms with E-state index < -0.39 is 56.6 Å². The molecule has 11 heteroatoms. The summed E-state index contributed by atoms with van der Waals surface area (Å²) in [5.41, 5.74) is 3.10. The number of hydrogen-bond donors (Lipinski definition) is 4. The van der Waals surface area contributed by atoms with Gasteiger partial charge in [-0.2, -0.15) is 0 Å². The fourth-order valence-corrected chi connectivity index (χ4v) is 7.86. The van der Waals surface area contributed by atoms with Gasteiger partial charge in [-0.25, -0.2) is 13.4 Å². The van der Waals surface area contributed by atoms with E-state index in [0.29, 0.717) is 18.0 Å². The molecule has 0 bridgehead atoms. The Morgan fingerprint density at radius 1 is 0.977 bits per heavy atom. The molecule has 2 aliphatic rings. The van der Waals surface area contributed by atoms with Crippen LogP contribution in [0.25, 0.3) is 0 Å². The molecule has 2 saturated carbocycles. The number of carbonyl (C=O) groups excluding carboxylic acids is 2. The molecule has 1 heterocycles. The SMILES string of the molecule is CC(C)(C)S(=O)(=O)C[C@@H](Cc1ccccc1)C(=O)N[C@@H](Cc1cscn1)C(=O)N[C@@H](CC1CCCCC1)[C@@H](O)[C@@H](O)C1CC1. The highest BCUT2D eigenvalue weighted by Crippen LogP contribution is 2.36. The van der Waals surface area contributed by atoms with Crippen LogP contribution < -0.4 is 10.6 Å². The van der Waals surface area contributed by atoms with Crippen LogP contribution in [0.15, 0.2) is 41.2 Å². The summed E-state index contributed by atoms with van der Waals surface area (Å²) in [5.74, 6) is -1.93. The summed E-state index contributed by atoms with van der Waals surface area (Å²) in [6, 6.07) is 7.54. The van der Waals surface area contributed by atoms with Crippen molar-refractivity contribution in [2.75, 3.05) is 5.75 Å². The minimum Gasteiger partial charge on any atom is -0.390 e. The van der Waals surface area contributed by atoms with Crippen molar-refractivity contribution in [3.63, 3.8) is 0 Å². The number of aliphatic hydroxyl groups is 2. The predicted octanol–water partition coefficient (Wildman–Crippen LogP) is 3.83. The zero-order chi connectivity index (χ0) is 31.9. The number of aliphatic hydroxyl groups excluding tert-OH is 2. The van der Waals surface area contributed by atoms with Crippen LogP contribution in [0.2, 0.25) is 0 Å². The number of hydrogen-bond acceptors (Lipinski definition) is 8. The van der Waals surface area contributed by atoms with Crippen molar-refractivity contribution in [3.05, 3.63) is 52.5 Å². The van der Waals surface area contributed by atoms with Gasteiger partial charge in [-0.15, -0.1) is 11.3 Å². The Hall–Kier alpha value is -2.34. The largest absolute Gasteiger partial charge is 0.390 e. The Kier molecular flexibility index (Phi) is 12.0. The molecule has 244 valence electrons. The third kappa shape index (κ3) is 9.83. The monoisotopic (exact) mass is 647 g/mol. The van der Waals surface area contributed by atoms with E-state index in [9.17, 15) is 28.2 Å². The number of amides is 2. The van der Waals surface area contributed by atoms with Gasteiger partial charge in [0, 0.05) is 11.8 Å². The lowest BCUT2D eigenvalue weighted by Gasteiger charge is -2.33. The fourth-order valence-electron chi connectivity index (χ4n) is 5.99. The second kappa shape index (κ2) is 15.3. The lowest BCUT2D eigenvalue weighted by molar-refractivity contribution is -0.132. The maximum atomic E-state index is 13.9. The Labute approximate surface area is 266 Å². The van der Waals surface area contributed by atoms with E-state index in [1.165, 1.54) is 17.8 Å². The molecule has 0 unspecified atom stereocenters. The maximum absolute atomic E-state index is 13.9. The molecule has 0 radical (unpaired) electrons. The molecule has 2 fully saturated rings. The number of aromatic nitrogens is 1. The molecule has 2 aliphatic carbocycles. The minimum atomic E-state index is -3.66. The van der Waals surface area contributed by atoms with Crippen molar-refractivity contribution in [2.24, 2.45) is 17.8 Å². The molecule has 9 nitrogen and oxygen atoms in total. The fraction of sp³-hybridized carbons (Fsp3) is 0.667. The molecule has 1 aromatic heterocycles. The van der Waals surface area contributed by atoms with Crippen LogP contribution in [0.5, 0.6) is 0 Å². The van der Waals surface area contributed by atoms with Crippen molar-refractivity contribution in [2.45, 2.75) is 114 Å². The first-order chi connectivity index (χ1) is 20.8. The van der Waals surface area contributed by atoms with Gasteiger partial charge in [0.1, 0.15) is 12.1 Å². The van der Waals surface area contributed by atoms with Gasteiger partial charge >= 0.3 is 0 Å². The summed E-state index contributed by atoms with van der Waals surface area (Å²) in [5, 5.41) is 29.7. The van der Waals surface area contributed by atoms with Gasteiger partial charge in [0.2, 0.25) is 11.8 Å². The van der Waals surface area contributed by atoms with E-state index in [1.54, 1.807) is 26.3 Å². The van der Waals surface area contributed by atoms with Gasteiger partial charge in [-0.05, 0) is 63.9 Å². The van der Waals surface area contributed by atoms with E-state index in [4.69, 9.17) is 0 Å². The van der Waals surface area contributed by atoms with E-state index >= 15 is 0 Å². The highest BCUT2D eigenvalue weighted by atomic mass is 32.2. The predicted molar refractivity (Wildman–Crippen MR) is 173 cm³/mol. The van der Waals surface area contributed by atoms with Crippen molar-refractivity contribution in [3.8, 4) is 0 Å². The Balaban J connectivity index is 1.56. The van der Waals surface area contributed by atoms with Crippen LogP contribution in [0.4, 0.5) is 0 Å². The average molecular weight is 648 g/mol. The zero-order valence-electron chi connectivity index (χ0n) is 26.2. The van der Waals surface area contributed by atoms with Crippen molar-refractivity contribution >= 4 is 33.0 Å². The highest BCUT2D eigenvalue weighted by Gasteiger charge is 2.41. The van der Waals surface area contributed by atoms with Gasteiger partial charge in [0.15, 0.2) is 9.84 Å². The summed E-state index contributed by atoms with van der Waals surface area (Å²) in [7, 11) is -3.66. The summed E-state index contributed by atoms with van der Waals surface area (Å²) >= 11 is 1.38. The van der Waals surface area contributed by atoms with Crippen molar-refractivity contribution < 1.29 is 28.2 Å². The molecule has 4 rings (SSSR count). The first kappa shape index (κ1) is 34.5. The number of sulfone groups is 1. The lowest BCUT2D eigenvalue weighted by Crippen LogP contribution is -2.57. The number of nitrogens with zero attached hydrogens (tertiary/aromatic N) is 1. The maximum Gasteiger partial charge on any atom is 0.243 e. The third-order valence-corrected chi connectivity index (χ3v) is 12.4. The van der Waals surface area contributed by atoms with Crippen LogP contribution in [0, 0.1) is 17.8 Å². The number of carbonyl (C=O) groups is 2. The molecule has 0 saturated heterocycles. The van der Waals surface area contributed by atoms with E-state index in [0.717, 1.165) is 44.1 Å². The summed E-state index contributed by atoms with van der Waals surface area (Å²) in [6.07, 6.45) is 5.95. The van der Waals surface area contributed by atoms with Crippen molar-refractivity contribution in [1.82, 2.24) is 15.6 Å². The van der Waals surface area contributed by atoms with E-state index in [-0.39, 0.29) is 24.5 Å². The van der Waals surface area contributed by atoms with Crippen LogP contribution >= 0.6 is 11.3 Å². The van der Waals surface area contributed by atoms with Crippen LogP contribution in [0.3, 0.4) is 0 Å². The molecule has 2 amide bonds. The third-order valence-electron chi connectivity index (χ3n) is 9.09. The molecule has 2 aromatic rings. The van der Waals surface area contributed by atoms with Gasteiger partial charge in [-0.1, -0.05) is 62.4 Å². The lowest BCUT2D eigenvalue weighted by atomic mass is 9.82. The van der Waals surface area contributed by atoms with Crippen LogP contribution in [-0.2, 0) is 32.3 Å². The molecule has 1 aromatic carbocycles. The number of rotatable bonds is 15. The number of nitrogens with one attached hydrogen (secondary N) is 2. The Morgan fingerprint density at radius 3 is 2.25 bits per heavy atom. The topological polar surface area (TPSA) is 146 Å². The number of benzene rings is 1. The zero-order valence-corrected chi connectivity index (χ0v) is 27.8. The smallest absolute Gasteiger partial charge is 0.243 e. The highest BCUT2D eigenvalue weighted by molar-refractivity contribution is 7.92. The molecular weight excluding hydrogens is 599 g/mol. The second-order valence-electron chi connectivity index (χ2n) is 13.7. The van der Waals surface area contributed by atoms with Crippen LogP contribution in [0.1, 0.15) is 83.4 Å². The minimum absolute atomic E-state index is 0.0322. The average Bonchev–Trinajstić information content (AvgIpc) is 3.71. The molecule has 5 atom stereocenters. The molecule has 44 heavy (non-hydrogen) atoms. The van der Waals surface area contributed by atoms with E-state index in [1.807, 2.05) is 35.7 Å². The molecule has 0 aliphatic heterocycles. The van der Waals surface area contributed by atoms with Gasteiger partial charge in [-0.3, -0.25) is 9.59 Å². The molecule has 4 N–H and O–H groups in total. The Bertz CT molecular complexity index is 1300. The van der Waals surface area contributed by atoms with Crippen LogP contribution in [-0.4, -0.2) is 70.2 Å². The van der Waals surface area contributed by atoms with Gasteiger partial charge in [0.25, 0.3) is 0 Å². The van der Waals surface area contributed by atoms with E-state index in [2.05, 4.69) is 15.6 Å². The van der Waals surface area contributed by atoms with Gasteiger partial charge < -0.3 is 20.8 Å². The molecular formula is C33H49N3O6S2.